The number of aromatic nitrogens is 5. The van der Waals surface area contributed by atoms with Gasteiger partial charge in [0.2, 0.25) is 0 Å². The van der Waals surface area contributed by atoms with Gasteiger partial charge in [-0.15, -0.1) is 11.3 Å². The molecule has 1 amide bonds. The van der Waals surface area contributed by atoms with Crippen LogP contribution in [0.2, 0.25) is 5.02 Å². The van der Waals surface area contributed by atoms with Crippen LogP contribution in [0.5, 0.6) is 0 Å². The number of pyridine rings is 1. The third-order valence-electron chi connectivity index (χ3n) is 5.31. The van der Waals surface area contributed by atoms with Crippen molar-refractivity contribution in [2.45, 2.75) is 31.4 Å². The number of carbonyl (C=O) groups excluding carboxylic acids is 1. The number of thiophene rings is 1. The van der Waals surface area contributed by atoms with Gasteiger partial charge in [0.1, 0.15) is 6.23 Å². The van der Waals surface area contributed by atoms with Gasteiger partial charge < -0.3 is 20.5 Å². The van der Waals surface area contributed by atoms with Crippen LogP contribution in [0.3, 0.4) is 0 Å². The molecule has 4 aromatic heterocycles. The zero-order chi connectivity index (χ0) is 22.9. The lowest BCUT2D eigenvalue weighted by Crippen LogP contribution is -2.38. The number of fused-ring (bicyclic) bond motifs is 1. The highest BCUT2D eigenvalue weighted by Crippen LogP contribution is 2.33. The normalized spacial score (nSPS) is 20.3. The monoisotopic (exact) mass is 485 g/mol. The van der Waals surface area contributed by atoms with Gasteiger partial charge in [-0.1, -0.05) is 17.7 Å². The van der Waals surface area contributed by atoms with Crippen molar-refractivity contribution in [3.05, 3.63) is 52.2 Å². The summed E-state index contributed by atoms with van der Waals surface area (Å²) in [5, 5.41) is 18.7. The first-order valence-corrected chi connectivity index (χ1v) is 11.5. The molecule has 4 aromatic rings. The van der Waals surface area contributed by atoms with E-state index in [1.54, 1.807) is 34.5 Å². The van der Waals surface area contributed by atoms with E-state index in [-0.39, 0.29) is 12.3 Å². The lowest BCUT2D eigenvalue weighted by Gasteiger charge is -2.15. The number of halogens is 1. The number of nitrogens with zero attached hydrogens (tertiary/aromatic N) is 5. The predicted octanol–water partition coefficient (Wildman–Crippen LogP) is 2.61. The van der Waals surface area contributed by atoms with Gasteiger partial charge in [0.05, 0.1) is 24.0 Å². The lowest BCUT2D eigenvalue weighted by molar-refractivity contribution is -0.137. The molecule has 0 saturated carbocycles. The quantitative estimate of drug-likeness (QED) is 0.380. The minimum Gasteiger partial charge on any atom is -0.390 e. The Balaban J connectivity index is 1.56. The minimum atomic E-state index is -0.965. The fraction of sp³-hybridized carbons (Fsp3) is 0.286. The molecule has 3 N–H and O–H groups in total. The number of hydrogen-bond acceptors (Lipinski definition) is 9. The largest absolute Gasteiger partial charge is 0.390 e. The highest BCUT2D eigenvalue weighted by atomic mass is 35.5. The molecule has 5 heterocycles. The Morgan fingerprint density at radius 1 is 1.39 bits per heavy atom. The molecule has 170 valence electrons. The van der Waals surface area contributed by atoms with Gasteiger partial charge in [-0.2, -0.15) is 0 Å². The molecule has 1 saturated heterocycles. The summed E-state index contributed by atoms with van der Waals surface area (Å²) in [6.45, 7) is 0.571. The molecule has 10 nitrogen and oxygen atoms in total. The number of likely N-dealkylation sites (N-methyl/N-ethyl adjacent to an activating group) is 1. The molecule has 0 radical (unpaired) electrons. The van der Waals surface area contributed by atoms with E-state index in [0.717, 1.165) is 4.88 Å². The zero-order valence-electron chi connectivity index (χ0n) is 17.5. The topological polar surface area (TPSA) is 127 Å². The summed E-state index contributed by atoms with van der Waals surface area (Å²) in [5.41, 5.74) is 1.70. The first-order chi connectivity index (χ1) is 16.0. The molecule has 0 unspecified atom stereocenters. The van der Waals surface area contributed by atoms with Crippen molar-refractivity contribution in [2.75, 3.05) is 12.4 Å². The molecule has 0 spiro atoms. The van der Waals surface area contributed by atoms with Crippen LogP contribution in [0.4, 0.5) is 5.82 Å². The Morgan fingerprint density at radius 2 is 2.27 bits per heavy atom. The average molecular weight is 486 g/mol. The van der Waals surface area contributed by atoms with Gasteiger partial charge in [-0.25, -0.2) is 15.0 Å². The summed E-state index contributed by atoms with van der Waals surface area (Å²) in [6, 6.07) is 5.75. The van der Waals surface area contributed by atoms with Crippen molar-refractivity contribution in [1.82, 2.24) is 29.8 Å². The predicted molar refractivity (Wildman–Crippen MR) is 124 cm³/mol. The van der Waals surface area contributed by atoms with Gasteiger partial charge >= 0.3 is 0 Å². The van der Waals surface area contributed by atoms with E-state index < -0.39 is 18.4 Å². The maximum atomic E-state index is 12.1. The Labute approximate surface area is 197 Å². The molecule has 0 aromatic carbocycles. The summed E-state index contributed by atoms with van der Waals surface area (Å²) in [7, 11) is 1.50. The number of carbonyl (C=O) groups is 1. The average Bonchev–Trinajstić information content (AvgIpc) is 3.56. The van der Waals surface area contributed by atoms with Gasteiger partial charge in [0.25, 0.3) is 5.91 Å². The molecule has 5 rings (SSSR count). The Morgan fingerprint density at radius 3 is 3.03 bits per heavy atom. The summed E-state index contributed by atoms with van der Waals surface area (Å²) >= 11 is 7.77. The van der Waals surface area contributed by atoms with Crippen molar-refractivity contribution >= 4 is 45.8 Å². The number of aliphatic hydroxyl groups excluding tert-OH is 1. The summed E-state index contributed by atoms with van der Waals surface area (Å²) in [4.78, 5) is 31.2. The first kappa shape index (κ1) is 21.7. The van der Waals surface area contributed by atoms with Crippen LogP contribution in [0.1, 0.15) is 17.5 Å². The number of nitrogens with one attached hydrogen (secondary N) is 2. The second kappa shape index (κ2) is 9.02. The number of imidazole rings is 1. The fourth-order valence-electron chi connectivity index (χ4n) is 3.70. The summed E-state index contributed by atoms with van der Waals surface area (Å²) in [6.07, 6.45) is 2.45. The third-order valence-corrected chi connectivity index (χ3v) is 6.39. The van der Waals surface area contributed by atoms with Gasteiger partial charge in [-0.3, -0.25) is 14.3 Å². The Bertz CT molecular complexity index is 1300. The smallest absolute Gasteiger partial charge is 0.251 e. The van der Waals surface area contributed by atoms with Crippen molar-refractivity contribution < 1.29 is 14.6 Å². The molecule has 12 heteroatoms. The number of ether oxygens (including phenoxy) is 1. The van der Waals surface area contributed by atoms with Crippen LogP contribution >= 0.6 is 22.9 Å². The Hall–Kier alpha value is -3.12. The SMILES string of the molecule is CNC(=O)[C@H]1O[C@@H](n2cnc3c(NCc4cccs4)nc(-c4cncc(Cl)c4)nc32)C[C@@H]1O. The summed E-state index contributed by atoms with van der Waals surface area (Å²) < 4.78 is 7.56. The zero-order valence-corrected chi connectivity index (χ0v) is 19.0. The number of aliphatic hydroxyl groups is 1. The van der Waals surface area contributed by atoms with Crippen LogP contribution in [-0.4, -0.2) is 54.8 Å². The molecular formula is C21H20ClN7O3S. The maximum Gasteiger partial charge on any atom is 0.251 e. The van der Waals surface area contributed by atoms with E-state index in [0.29, 0.717) is 39.9 Å². The number of rotatable bonds is 6. The van der Waals surface area contributed by atoms with E-state index >= 15 is 0 Å². The molecule has 3 atom stereocenters. The highest BCUT2D eigenvalue weighted by molar-refractivity contribution is 7.09. The number of amides is 1. The van der Waals surface area contributed by atoms with Crippen LogP contribution in [0.15, 0.2) is 42.3 Å². The standard InChI is InChI=1S/C21H20ClN7O3S/c1-23-21(31)17-14(30)6-15(32-17)29-10-26-16-19(25-9-13-3-2-4-33-13)27-18(28-20(16)29)11-5-12(22)8-24-7-11/h2-5,7-8,10,14-15,17,30H,6,9H2,1H3,(H,23,31)(H,25,27,28)/t14-,15+,17-/m0/s1. The first-order valence-electron chi connectivity index (χ1n) is 10.2. The van der Waals surface area contributed by atoms with Gasteiger partial charge in [0.15, 0.2) is 28.9 Å². The molecule has 1 aliphatic rings. The van der Waals surface area contributed by atoms with Crippen LogP contribution in [0, 0.1) is 0 Å². The number of hydrogen-bond donors (Lipinski definition) is 3. The van der Waals surface area contributed by atoms with E-state index in [1.165, 1.54) is 13.2 Å². The second-order valence-electron chi connectivity index (χ2n) is 7.47. The van der Waals surface area contributed by atoms with Crippen molar-refractivity contribution in [3.8, 4) is 11.4 Å². The van der Waals surface area contributed by atoms with Crippen molar-refractivity contribution in [3.63, 3.8) is 0 Å². The maximum absolute atomic E-state index is 12.1. The van der Waals surface area contributed by atoms with Gasteiger partial charge in [0, 0.05) is 36.3 Å². The van der Waals surface area contributed by atoms with E-state index in [2.05, 4.69) is 25.6 Å². The Kier molecular flexibility index (Phi) is 5.94. The molecular weight excluding hydrogens is 466 g/mol. The fourth-order valence-corrected chi connectivity index (χ4v) is 4.52. The molecule has 33 heavy (non-hydrogen) atoms. The van der Waals surface area contributed by atoms with E-state index in [1.807, 2.05) is 17.5 Å². The summed E-state index contributed by atoms with van der Waals surface area (Å²) in [5.74, 6) is 0.575. The van der Waals surface area contributed by atoms with Crippen LogP contribution < -0.4 is 10.6 Å². The lowest BCUT2D eigenvalue weighted by atomic mass is 10.1. The van der Waals surface area contributed by atoms with E-state index in [9.17, 15) is 9.90 Å². The third kappa shape index (κ3) is 4.27. The van der Waals surface area contributed by atoms with Crippen LogP contribution in [-0.2, 0) is 16.1 Å². The number of anilines is 1. The molecule has 0 bridgehead atoms. The molecule has 1 fully saturated rings. The van der Waals surface area contributed by atoms with Crippen molar-refractivity contribution in [1.29, 1.82) is 0 Å². The highest BCUT2D eigenvalue weighted by Gasteiger charge is 2.40. The van der Waals surface area contributed by atoms with Crippen LogP contribution in [0.25, 0.3) is 22.6 Å². The molecule has 1 aliphatic heterocycles. The molecule has 0 aliphatic carbocycles. The van der Waals surface area contributed by atoms with Gasteiger partial charge in [-0.05, 0) is 17.5 Å². The van der Waals surface area contributed by atoms with Crippen molar-refractivity contribution in [2.24, 2.45) is 0 Å². The minimum absolute atomic E-state index is 0.222. The second-order valence-corrected chi connectivity index (χ2v) is 8.94. The van der Waals surface area contributed by atoms with E-state index in [4.69, 9.17) is 21.3 Å².